The highest BCUT2D eigenvalue weighted by Gasteiger charge is 2.29. The molecule has 0 spiro atoms. The van der Waals surface area contributed by atoms with Crippen molar-refractivity contribution in [2.75, 3.05) is 39.5 Å². The Morgan fingerprint density at radius 3 is 2.50 bits per heavy atom. The first-order valence-electron chi connectivity index (χ1n) is 6.91. The first-order valence-corrected chi connectivity index (χ1v) is 6.91. The van der Waals surface area contributed by atoms with E-state index in [1.807, 2.05) is 0 Å². The number of hydrogen-bond donors (Lipinski definition) is 2. The van der Waals surface area contributed by atoms with Gasteiger partial charge in [-0.25, -0.2) is 0 Å². The standard InChI is InChI=1S/C14H30N2O2/c1-13(2,3)15-10-14(4,5)11-16-6-7-18-9-12(16)8-17/h12,15,17H,6-11H2,1-5H3. The van der Waals surface area contributed by atoms with Crippen molar-refractivity contribution < 1.29 is 9.84 Å². The van der Waals surface area contributed by atoms with Gasteiger partial charge in [0, 0.05) is 25.2 Å². The average Bonchev–Trinajstić information content (AvgIpc) is 2.26. The van der Waals surface area contributed by atoms with Gasteiger partial charge in [-0.05, 0) is 26.2 Å². The molecule has 0 bridgehead atoms. The third kappa shape index (κ3) is 5.65. The minimum atomic E-state index is 0.151. The smallest absolute Gasteiger partial charge is 0.0644 e. The largest absolute Gasteiger partial charge is 0.395 e. The number of ether oxygens (including phenoxy) is 1. The molecule has 0 amide bonds. The normalized spacial score (nSPS) is 23.3. The van der Waals surface area contributed by atoms with Crippen molar-refractivity contribution in [1.82, 2.24) is 10.2 Å². The minimum absolute atomic E-state index is 0.151. The third-order valence-corrected chi connectivity index (χ3v) is 3.29. The molecule has 2 N–H and O–H groups in total. The molecule has 1 aliphatic rings. The van der Waals surface area contributed by atoms with Gasteiger partial charge in [-0.15, -0.1) is 0 Å². The van der Waals surface area contributed by atoms with E-state index in [1.165, 1.54) is 0 Å². The second kappa shape index (κ2) is 6.33. The molecule has 0 aromatic rings. The Morgan fingerprint density at radius 1 is 1.28 bits per heavy atom. The molecular formula is C14H30N2O2. The molecule has 18 heavy (non-hydrogen) atoms. The molecule has 0 radical (unpaired) electrons. The van der Waals surface area contributed by atoms with Crippen LogP contribution in [0.3, 0.4) is 0 Å². The van der Waals surface area contributed by atoms with Crippen LogP contribution in [0.25, 0.3) is 0 Å². The highest BCUT2D eigenvalue weighted by atomic mass is 16.5. The summed E-state index contributed by atoms with van der Waals surface area (Å²) in [6.45, 7) is 15.6. The van der Waals surface area contributed by atoms with Crippen molar-refractivity contribution in [2.24, 2.45) is 5.41 Å². The molecule has 4 heteroatoms. The molecule has 0 saturated carbocycles. The number of hydrogen-bond acceptors (Lipinski definition) is 4. The molecule has 1 unspecified atom stereocenters. The predicted molar refractivity (Wildman–Crippen MR) is 74.8 cm³/mol. The number of morpholine rings is 1. The monoisotopic (exact) mass is 258 g/mol. The number of nitrogens with zero attached hydrogens (tertiary/aromatic N) is 1. The summed E-state index contributed by atoms with van der Waals surface area (Å²) in [5, 5.41) is 12.9. The number of aliphatic hydroxyl groups excluding tert-OH is 1. The Hall–Kier alpha value is -0.160. The summed E-state index contributed by atoms with van der Waals surface area (Å²) in [5.74, 6) is 0. The molecule has 4 nitrogen and oxygen atoms in total. The van der Waals surface area contributed by atoms with E-state index < -0.39 is 0 Å². The average molecular weight is 258 g/mol. The molecular weight excluding hydrogens is 228 g/mol. The second-order valence-electron chi connectivity index (χ2n) is 7.15. The first-order chi connectivity index (χ1) is 8.23. The Balaban J connectivity index is 2.47. The molecule has 1 rings (SSSR count). The summed E-state index contributed by atoms with van der Waals surface area (Å²) in [7, 11) is 0. The van der Waals surface area contributed by atoms with Crippen molar-refractivity contribution in [3.63, 3.8) is 0 Å². The highest BCUT2D eigenvalue weighted by Crippen LogP contribution is 2.20. The zero-order valence-corrected chi connectivity index (χ0v) is 12.6. The van der Waals surface area contributed by atoms with Gasteiger partial charge >= 0.3 is 0 Å². The van der Waals surface area contributed by atoms with E-state index in [2.05, 4.69) is 44.8 Å². The second-order valence-corrected chi connectivity index (χ2v) is 7.15. The molecule has 0 aromatic carbocycles. The Kier molecular flexibility index (Phi) is 5.59. The van der Waals surface area contributed by atoms with Gasteiger partial charge in [-0.1, -0.05) is 13.8 Å². The Labute approximate surface area is 112 Å². The van der Waals surface area contributed by atoms with Crippen molar-refractivity contribution in [2.45, 2.75) is 46.2 Å². The summed E-state index contributed by atoms with van der Waals surface area (Å²) >= 11 is 0. The van der Waals surface area contributed by atoms with Crippen molar-refractivity contribution >= 4 is 0 Å². The van der Waals surface area contributed by atoms with Crippen LogP contribution in [0, 0.1) is 5.41 Å². The fraction of sp³-hybridized carbons (Fsp3) is 1.00. The van der Waals surface area contributed by atoms with E-state index in [9.17, 15) is 5.11 Å². The van der Waals surface area contributed by atoms with Crippen LogP contribution in [0.15, 0.2) is 0 Å². The number of nitrogens with one attached hydrogen (secondary N) is 1. The van der Waals surface area contributed by atoms with Gasteiger partial charge in [0.1, 0.15) is 0 Å². The molecule has 0 aromatic heterocycles. The molecule has 1 heterocycles. The summed E-state index contributed by atoms with van der Waals surface area (Å²) < 4.78 is 5.41. The van der Waals surface area contributed by atoms with Crippen molar-refractivity contribution in [3.05, 3.63) is 0 Å². The fourth-order valence-corrected chi connectivity index (χ4v) is 2.18. The summed E-state index contributed by atoms with van der Waals surface area (Å²) in [5.41, 5.74) is 0.344. The van der Waals surface area contributed by atoms with Gasteiger partial charge in [0.15, 0.2) is 0 Å². The zero-order chi connectivity index (χ0) is 13.8. The highest BCUT2D eigenvalue weighted by molar-refractivity contribution is 4.84. The van der Waals surface area contributed by atoms with Gasteiger partial charge in [-0.3, -0.25) is 4.90 Å². The molecule has 1 atom stereocenters. The minimum Gasteiger partial charge on any atom is -0.395 e. The lowest BCUT2D eigenvalue weighted by molar-refractivity contribution is -0.0411. The van der Waals surface area contributed by atoms with Crippen LogP contribution < -0.4 is 5.32 Å². The van der Waals surface area contributed by atoms with Crippen LogP contribution in [0.1, 0.15) is 34.6 Å². The van der Waals surface area contributed by atoms with Crippen molar-refractivity contribution in [1.29, 1.82) is 0 Å². The van der Waals surface area contributed by atoms with Gasteiger partial charge in [0.25, 0.3) is 0 Å². The maximum absolute atomic E-state index is 9.38. The zero-order valence-electron chi connectivity index (χ0n) is 12.6. The third-order valence-electron chi connectivity index (χ3n) is 3.29. The van der Waals surface area contributed by atoms with Crippen LogP contribution in [-0.2, 0) is 4.74 Å². The summed E-state index contributed by atoms with van der Waals surface area (Å²) in [6, 6.07) is 0.160. The maximum atomic E-state index is 9.38. The van der Waals surface area contributed by atoms with E-state index in [0.717, 1.165) is 26.2 Å². The first kappa shape index (κ1) is 15.9. The van der Waals surface area contributed by atoms with Crippen LogP contribution in [0.4, 0.5) is 0 Å². The quantitative estimate of drug-likeness (QED) is 0.775. The van der Waals surface area contributed by atoms with Gasteiger partial charge in [-0.2, -0.15) is 0 Å². The lowest BCUT2D eigenvalue weighted by Gasteiger charge is -2.40. The lowest BCUT2D eigenvalue weighted by Crippen LogP contribution is -2.53. The van der Waals surface area contributed by atoms with Gasteiger partial charge < -0.3 is 15.2 Å². The number of rotatable bonds is 5. The van der Waals surface area contributed by atoms with Crippen LogP contribution in [0.5, 0.6) is 0 Å². The van der Waals surface area contributed by atoms with E-state index in [1.54, 1.807) is 0 Å². The molecule has 108 valence electrons. The number of aliphatic hydroxyl groups is 1. The molecule has 0 aliphatic carbocycles. The van der Waals surface area contributed by atoms with Gasteiger partial charge in [0.05, 0.1) is 25.9 Å². The topological polar surface area (TPSA) is 44.7 Å². The van der Waals surface area contributed by atoms with E-state index in [-0.39, 0.29) is 23.6 Å². The van der Waals surface area contributed by atoms with E-state index in [0.29, 0.717) is 6.61 Å². The predicted octanol–water partition coefficient (Wildman–Crippen LogP) is 1.09. The SMILES string of the molecule is CC(C)(CNC(C)(C)C)CN1CCOCC1CO. The van der Waals surface area contributed by atoms with Crippen LogP contribution >= 0.6 is 0 Å². The summed E-state index contributed by atoms with van der Waals surface area (Å²) in [4.78, 5) is 2.36. The Morgan fingerprint density at radius 2 is 1.94 bits per heavy atom. The summed E-state index contributed by atoms with van der Waals surface area (Å²) in [6.07, 6.45) is 0. The maximum Gasteiger partial charge on any atom is 0.0644 e. The van der Waals surface area contributed by atoms with E-state index >= 15 is 0 Å². The molecule has 1 saturated heterocycles. The molecule has 1 aliphatic heterocycles. The van der Waals surface area contributed by atoms with Crippen molar-refractivity contribution in [3.8, 4) is 0 Å². The Bertz CT molecular complexity index is 249. The fourth-order valence-electron chi connectivity index (χ4n) is 2.18. The van der Waals surface area contributed by atoms with E-state index in [4.69, 9.17) is 4.74 Å². The van der Waals surface area contributed by atoms with Gasteiger partial charge in [0.2, 0.25) is 0 Å². The van der Waals surface area contributed by atoms with Crippen LogP contribution in [0.2, 0.25) is 0 Å². The molecule has 1 fully saturated rings. The lowest BCUT2D eigenvalue weighted by atomic mass is 9.90. The van der Waals surface area contributed by atoms with Crippen LogP contribution in [-0.4, -0.2) is 61.0 Å².